The molecule has 38 heavy (non-hydrogen) atoms. The summed E-state index contributed by atoms with van der Waals surface area (Å²) in [5.74, 6) is 0.519. The maximum absolute atomic E-state index is 14.0. The molecule has 0 saturated heterocycles. The molecule has 0 N–H and O–H groups in total. The molecule has 7 heteroatoms. The van der Waals surface area contributed by atoms with Crippen molar-refractivity contribution in [2.45, 2.75) is 39.7 Å². The van der Waals surface area contributed by atoms with Gasteiger partial charge >= 0.3 is 5.97 Å². The van der Waals surface area contributed by atoms with Gasteiger partial charge in [-0.05, 0) is 53.8 Å². The van der Waals surface area contributed by atoms with Gasteiger partial charge in [-0.2, -0.15) is 0 Å². The number of nitrogens with zero attached hydrogens (tertiary/aromatic N) is 2. The fraction of sp³-hybridized carbons (Fsp3) is 0.258. The van der Waals surface area contributed by atoms with E-state index in [4.69, 9.17) is 14.5 Å². The van der Waals surface area contributed by atoms with Crippen LogP contribution in [0.3, 0.4) is 0 Å². The first kappa shape index (κ1) is 25.7. The minimum atomic E-state index is -0.753. The molecule has 3 aromatic carbocycles. The molecule has 0 amide bonds. The van der Waals surface area contributed by atoms with Gasteiger partial charge in [-0.25, -0.2) is 9.79 Å². The topological polar surface area (TPSA) is 69.9 Å². The second kappa shape index (κ2) is 10.4. The second-order valence-corrected chi connectivity index (χ2v) is 10.5. The predicted octanol–water partition coefficient (Wildman–Crippen LogP) is 5.08. The van der Waals surface area contributed by atoms with Crippen LogP contribution in [0.25, 0.3) is 16.8 Å². The van der Waals surface area contributed by atoms with E-state index in [1.54, 1.807) is 25.5 Å². The highest BCUT2D eigenvalue weighted by Gasteiger charge is 2.36. The van der Waals surface area contributed by atoms with Crippen molar-refractivity contribution in [3.05, 3.63) is 108 Å². The quantitative estimate of drug-likeness (QED) is 0.329. The smallest absolute Gasteiger partial charge is 0.338 e. The van der Waals surface area contributed by atoms with Gasteiger partial charge in [0.2, 0.25) is 0 Å². The van der Waals surface area contributed by atoms with Crippen LogP contribution < -0.4 is 19.6 Å². The van der Waals surface area contributed by atoms with Crippen molar-refractivity contribution in [3.8, 4) is 5.75 Å². The molecule has 1 aliphatic rings. The average Bonchev–Trinajstić information content (AvgIpc) is 3.21. The lowest BCUT2D eigenvalue weighted by atomic mass is 9.90. The SMILES string of the molecule is CCOC(=O)C1=C(C)N=c2s/c(=C/c3ccc(C(C)C)cc3)c(=O)n2[C@@H]1c1c(OC)ccc2ccccc12. The van der Waals surface area contributed by atoms with Crippen LogP contribution in [0.4, 0.5) is 0 Å². The molecule has 0 fully saturated rings. The first-order chi connectivity index (χ1) is 18.3. The molecule has 1 atom stereocenters. The van der Waals surface area contributed by atoms with Crippen LogP contribution in [0.2, 0.25) is 0 Å². The van der Waals surface area contributed by atoms with E-state index >= 15 is 0 Å². The molecule has 0 bridgehead atoms. The van der Waals surface area contributed by atoms with E-state index in [0.717, 1.165) is 21.9 Å². The van der Waals surface area contributed by atoms with Crippen LogP contribution in [0.15, 0.2) is 81.7 Å². The maximum atomic E-state index is 14.0. The zero-order valence-electron chi connectivity index (χ0n) is 22.1. The van der Waals surface area contributed by atoms with E-state index in [2.05, 4.69) is 26.0 Å². The number of ether oxygens (including phenoxy) is 2. The minimum Gasteiger partial charge on any atom is -0.496 e. The van der Waals surface area contributed by atoms with Crippen molar-refractivity contribution in [1.29, 1.82) is 0 Å². The number of methoxy groups -OCH3 is 1. The van der Waals surface area contributed by atoms with Gasteiger partial charge in [-0.1, -0.05) is 79.8 Å². The third-order valence-electron chi connectivity index (χ3n) is 6.84. The second-order valence-electron chi connectivity index (χ2n) is 9.53. The molecule has 1 aromatic heterocycles. The number of aromatic nitrogens is 1. The van der Waals surface area contributed by atoms with Gasteiger partial charge in [0.05, 0.1) is 29.5 Å². The van der Waals surface area contributed by atoms with E-state index < -0.39 is 12.0 Å². The van der Waals surface area contributed by atoms with Crippen LogP contribution in [0.1, 0.15) is 56.3 Å². The van der Waals surface area contributed by atoms with E-state index in [9.17, 15) is 9.59 Å². The Balaban J connectivity index is 1.80. The van der Waals surface area contributed by atoms with Crippen LogP contribution in [-0.2, 0) is 9.53 Å². The standard InChI is InChI=1S/C31H30N2O4S/c1-6-37-30(35)26-19(4)32-31-33(28(26)27-23-10-8-7-9-22(23)15-16-24(27)36-5)29(34)25(38-31)17-20-11-13-21(14-12-20)18(2)3/h7-18,28H,6H2,1-5H3/b25-17+/t28-/m0/s1. The van der Waals surface area contributed by atoms with Crippen molar-refractivity contribution < 1.29 is 14.3 Å². The molecule has 4 aromatic rings. The normalized spacial score (nSPS) is 15.5. The molecule has 194 valence electrons. The number of rotatable bonds is 6. The van der Waals surface area contributed by atoms with Gasteiger partial charge in [0.25, 0.3) is 5.56 Å². The number of hydrogen-bond donors (Lipinski definition) is 0. The summed E-state index contributed by atoms with van der Waals surface area (Å²) in [5.41, 5.74) is 3.55. The largest absolute Gasteiger partial charge is 0.496 e. The third-order valence-corrected chi connectivity index (χ3v) is 7.82. The fourth-order valence-electron chi connectivity index (χ4n) is 4.93. The lowest BCUT2D eigenvalue weighted by molar-refractivity contribution is -0.139. The maximum Gasteiger partial charge on any atom is 0.338 e. The van der Waals surface area contributed by atoms with Crippen molar-refractivity contribution in [1.82, 2.24) is 4.57 Å². The third kappa shape index (κ3) is 4.47. The summed E-state index contributed by atoms with van der Waals surface area (Å²) in [6.07, 6.45) is 1.88. The zero-order chi connectivity index (χ0) is 27.0. The van der Waals surface area contributed by atoms with E-state index in [0.29, 0.717) is 32.3 Å². The number of fused-ring (bicyclic) bond motifs is 2. The van der Waals surface area contributed by atoms with Crippen molar-refractivity contribution in [2.75, 3.05) is 13.7 Å². The Kier molecular flexibility index (Phi) is 7.04. The summed E-state index contributed by atoms with van der Waals surface area (Å²) in [6, 6.07) is 19.2. The molecule has 5 rings (SSSR count). The number of esters is 1. The zero-order valence-corrected chi connectivity index (χ0v) is 23.0. The van der Waals surface area contributed by atoms with Crippen LogP contribution in [0.5, 0.6) is 5.75 Å². The number of allylic oxidation sites excluding steroid dienone is 1. The van der Waals surface area contributed by atoms with Gasteiger partial charge in [-0.15, -0.1) is 0 Å². The first-order valence-corrected chi connectivity index (χ1v) is 13.5. The Bertz CT molecular complexity index is 1740. The number of carbonyl (C=O) groups excluding carboxylic acids is 1. The monoisotopic (exact) mass is 526 g/mol. The van der Waals surface area contributed by atoms with E-state index in [1.807, 2.05) is 54.6 Å². The molecule has 0 aliphatic carbocycles. The molecule has 1 aliphatic heterocycles. The lowest BCUT2D eigenvalue weighted by Crippen LogP contribution is -2.40. The van der Waals surface area contributed by atoms with Gasteiger partial charge in [0.15, 0.2) is 4.80 Å². The molecule has 0 spiro atoms. The molecule has 0 radical (unpaired) electrons. The Morgan fingerprint density at radius 2 is 1.84 bits per heavy atom. The summed E-state index contributed by atoms with van der Waals surface area (Å²) in [5, 5.41) is 1.88. The van der Waals surface area contributed by atoms with Gasteiger partial charge in [0, 0.05) is 5.56 Å². The number of benzene rings is 3. The van der Waals surface area contributed by atoms with Crippen molar-refractivity contribution in [2.24, 2.45) is 4.99 Å². The summed E-state index contributed by atoms with van der Waals surface area (Å²) in [6.45, 7) is 8.07. The summed E-state index contributed by atoms with van der Waals surface area (Å²) < 4.78 is 13.4. The van der Waals surface area contributed by atoms with Gasteiger partial charge in [-0.3, -0.25) is 9.36 Å². The van der Waals surface area contributed by atoms with E-state index in [1.165, 1.54) is 16.9 Å². The number of carbonyl (C=O) groups is 1. The van der Waals surface area contributed by atoms with Gasteiger partial charge in [0.1, 0.15) is 11.8 Å². The van der Waals surface area contributed by atoms with Crippen LogP contribution >= 0.6 is 11.3 Å². The summed E-state index contributed by atoms with van der Waals surface area (Å²) in [7, 11) is 1.60. The first-order valence-electron chi connectivity index (χ1n) is 12.7. The highest BCUT2D eigenvalue weighted by Crippen LogP contribution is 2.40. The fourth-order valence-corrected chi connectivity index (χ4v) is 5.98. The molecular formula is C31H30N2O4S. The Morgan fingerprint density at radius 3 is 2.53 bits per heavy atom. The summed E-state index contributed by atoms with van der Waals surface area (Å²) >= 11 is 1.32. The number of thiazole rings is 1. The van der Waals surface area contributed by atoms with Crippen LogP contribution in [0, 0.1) is 0 Å². The predicted molar refractivity (Wildman–Crippen MR) is 151 cm³/mol. The summed E-state index contributed by atoms with van der Waals surface area (Å²) in [4.78, 5) is 32.6. The highest BCUT2D eigenvalue weighted by atomic mass is 32.1. The van der Waals surface area contributed by atoms with E-state index in [-0.39, 0.29) is 12.2 Å². The van der Waals surface area contributed by atoms with Crippen molar-refractivity contribution >= 4 is 34.2 Å². The van der Waals surface area contributed by atoms with Gasteiger partial charge < -0.3 is 9.47 Å². The Hall–Kier alpha value is -3.97. The molecular weight excluding hydrogens is 496 g/mol. The highest BCUT2D eigenvalue weighted by molar-refractivity contribution is 7.07. The average molecular weight is 527 g/mol. The molecule has 0 unspecified atom stereocenters. The Morgan fingerprint density at radius 1 is 1.11 bits per heavy atom. The lowest BCUT2D eigenvalue weighted by Gasteiger charge is -2.27. The minimum absolute atomic E-state index is 0.212. The Labute approximate surface area is 225 Å². The molecule has 6 nitrogen and oxygen atoms in total. The molecule has 2 heterocycles. The molecule has 0 saturated carbocycles. The number of hydrogen-bond acceptors (Lipinski definition) is 6. The van der Waals surface area contributed by atoms with Crippen LogP contribution in [-0.4, -0.2) is 24.3 Å². The van der Waals surface area contributed by atoms with Crippen molar-refractivity contribution in [3.63, 3.8) is 0 Å².